The molecule has 5 aromatic rings. The first-order valence-corrected chi connectivity index (χ1v) is 18.0. The Kier molecular flexibility index (Phi) is 9.48. The molecule has 1 saturated heterocycles. The number of hydrogen-bond acceptors (Lipinski definition) is 8. The molecule has 1 aliphatic heterocycles. The number of ether oxygens (including phenoxy) is 1. The average Bonchev–Trinajstić information content (AvgIpc) is 3.71. The molecule has 12 heteroatoms. The number of thiophene rings is 1. The van der Waals surface area contributed by atoms with Crippen LogP contribution in [0.4, 0.5) is 11.4 Å². The number of amides is 1. The van der Waals surface area contributed by atoms with Gasteiger partial charge in [-0.3, -0.25) is 9.10 Å². The van der Waals surface area contributed by atoms with Crippen molar-refractivity contribution in [3.05, 3.63) is 111 Å². The summed E-state index contributed by atoms with van der Waals surface area (Å²) in [6, 6.07) is 25.2. The van der Waals surface area contributed by atoms with E-state index < -0.39 is 16.0 Å². The highest BCUT2D eigenvalue weighted by molar-refractivity contribution is 9.10. The molecule has 3 heterocycles. The monoisotopic (exact) mass is 721 g/mol. The molecule has 1 aliphatic rings. The van der Waals surface area contributed by atoms with E-state index in [1.54, 1.807) is 13.0 Å². The summed E-state index contributed by atoms with van der Waals surface area (Å²) in [5, 5.41) is 2.37. The average molecular weight is 723 g/mol. The van der Waals surface area contributed by atoms with Crippen molar-refractivity contribution in [1.82, 2.24) is 4.90 Å². The van der Waals surface area contributed by atoms with Crippen molar-refractivity contribution in [2.45, 2.75) is 18.2 Å². The number of halogens is 1. The number of hydrogen-bond donors (Lipinski definition) is 0. The number of para-hydroxylation sites is 2. The van der Waals surface area contributed by atoms with Gasteiger partial charge in [0, 0.05) is 42.6 Å². The second kappa shape index (κ2) is 13.7. The molecular weight excluding hydrogens is 690 g/mol. The van der Waals surface area contributed by atoms with Crippen LogP contribution in [-0.4, -0.2) is 64.5 Å². The van der Waals surface area contributed by atoms with Gasteiger partial charge in [-0.15, -0.1) is 11.3 Å². The van der Waals surface area contributed by atoms with Crippen LogP contribution in [0.3, 0.4) is 0 Å². The highest BCUT2D eigenvalue weighted by atomic mass is 79.9. The van der Waals surface area contributed by atoms with Gasteiger partial charge in [-0.1, -0.05) is 42.5 Å². The van der Waals surface area contributed by atoms with Crippen LogP contribution in [0.25, 0.3) is 11.0 Å². The molecular formula is C34H32BrN3O6S2. The quantitative estimate of drug-likeness (QED) is 0.146. The summed E-state index contributed by atoms with van der Waals surface area (Å²) in [4.78, 5) is 30.1. The third-order valence-electron chi connectivity index (χ3n) is 7.87. The standard InChI is InChI=1S/C34H32BrN3O6S2/c1-2-43-34(40)31-23-25-22-26(12-13-30(25)44-31)46(41,42)38(16-14-24-8-4-3-5-9-24)29-11-7-6-10-28(29)36-17-19-37(20-18-36)33(39)32-27(35)15-21-45-32/h3-13,15,21-23H,2,14,16-20H2,1H3. The fourth-order valence-electron chi connectivity index (χ4n) is 5.54. The maximum Gasteiger partial charge on any atom is 0.374 e. The SMILES string of the molecule is CCOC(=O)c1cc2cc(S(=O)(=O)N(CCc3ccccc3)c3ccccc3N3CCN(C(=O)c4sccc4Br)CC3)ccc2o1. The van der Waals surface area contributed by atoms with Gasteiger partial charge in [0.2, 0.25) is 5.76 Å². The van der Waals surface area contributed by atoms with E-state index in [4.69, 9.17) is 9.15 Å². The van der Waals surface area contributed by atoms with Crippen LogP contribution < -0.4 is 9.21 Å². The van der Waals surface area contributed by atoms with Gasteiger partial charge in [-0.25, -0.2) is 13.2 Å². The fraction of sp³-hybridized carbons (Fsp3) is 0.235. The molecule has 3 aromatic carbocycles. The van der Waals surface area contributed by atoms with Gasteiger partial charge in [0.15, 0.2) is 0 Å². The van der Waals surface area contributed by atoms with E-state index in [2.05, 4.69) is 20.8 Å². The van der Waals surface area contributed by atoms with E-state index in [1.807, 2.05) is 70.9 Å². The number of furan rings is 1. The number of carbonyl (C=O) groups is 2. The van der Waals surface area contributed by atoms with Gasteiger partial charge in [0.1, 0.15) is 10.5 Å². The van der Waals surface area contributed by atoms with Crippen molar-refractivity contribution in [3.8, 4) is 0 Å². The normalized spacial score (nSPS) is 13.6. The zero-order valence-electron chi connectivity index (χ0n) is 25.1. The first-order chi connectivity index (χ1) is 22.3. The number of piperazine rings is 1. The van der Waals surface area contributed by atoms with Crippen LogP contribution in [0.2, 0.25) is 0 Å². The largest absolute Gasteiger partial charge is 0.460 e. The van der Waals surface area contributed by atoms with E-state index in [9.17, 15) is 18.0 Å². The molecule has 0 unspecified atom stereocenters. The second-order valence-corrected chi connectivity index (χ2v) is 14.3. The number of carbonyl (C=O) groups excluding carboxylic acids is 2. The summed E-state index contributed by atoms with van der Waals surface area (Å²) in [6.45, 7) is 4.22. The zero-order chi connectivity index (χ0) is 32.3. The van der Waals surface area contributed by atoms with E-state index >= 15 is 0 Å². The molecule has 1 amide bonds. The first-order valence-electron chi connectivity index (χ1n) is 14.9. The van der Waals surface area contributed by atoms with Crippen LogP contribution >= 0.6 is 27.3 Å². The van der Waals surface area contributed by atoms with Gasteiger partial charge < -0.3 is 19.0 Å². The lowest BCUT2D eigenvalue weighted by Crippen LogP contribution is -2.49. The Morgan fingerprint density at radius 1 is 0.957 bits per heavy atom. The van der Waals surface area contributed by atoms with Crippen molar-refractivity contribution in [1.29, 1.82) is 0 Å². The molecule has 2 aromatic heterocycles. The maximum absolute atomic E-state index is 14.5. The minimum Gasteiger partial charge on any atom is -0.460 e. The molecule has 0 saturated carbocycles. The highest BCUT2D eigenvalue weighted by Crippen LogP contribution is 2.35. The molecule has 0 radical (unpaired) electrons. The van der Waals surface area contributed by atoms with Crippen LogP contribution in [0.5, 0.6) is 0 Å². The third kappa shape index (κ3) is 6.55. The molecule has 0 atom stereocenters. The number of esters is 1. The lowest BCUT2D eigenvalue weighted by atomic mass is 10.1. The fourth-order valence-corrected chi connectivity index (χ4v) is 8.56. The Morgan fingerprint density at radius 2 is 1.70 bits per heavy atom. The molecule has 9 nitrogen and oxygen atoms in total. The topological polar surface area (TPSA) is 100 Å². The molecule has 0 bridgehead atoms. The lowest BCUT2D eigenvalue weighted by molar-refractivity contribution is 0.0492. The van der Waals surface area contributed by atoms with E-state index in [0.717, 1.165) is 15.7 Å². The Hall–Kier alpha value is -4.13. The Morgan fingerprint density at radius 3 is 2.41 bits per heavy atom. The number of fused-ring (bicyclic) bond motifs is 1. The van der Waals surface area contributed by atoms with E-state index in [-0.39, 0.29) is 29.7 Å². The van der Waals surface area contributed by atoms with Crippen molar-refractivity contribution < 1.29 is 27.2 Å². The predicted molar refractivity (Wildman–Crippen MR) is 183 cm³/mol. The van der Waals surface area contributed by atoms with Crippen LogP contribution in [0.15, 0.2) is 104 Å². The smallest absolute Gasteiger partial charge is 0.374 e. The summed E-state index contributed by atoms with van der Waals surface area (Å²) in [5.74, 6) is -0.601. The third-order valence-corrected chi connectivity index (χ3v) is 11.5. The predicted octanol–water partition coefficient (Wildman–Crippen LogP) is 6.83. The minimum absolute atomic E-state index is 0.0115. The summed E-state index contributed by atoms with van der Waals surface area (Å²) in [7, 11) is -4.08. The number of benzene rings is 3. The maximum atomic E-state index is 14.5. The Balaban J connectivity index is 1.32. The lowest BCUT2D eigenvalue weighted by Gasteiger charge is -2.38. The van der Waals surface area contributed by atoms with Crippen molar-refractivity contribution in [2.24, 2.45) is 0 Å². The second-order valence-electron chi connectivity index (χ2n) is 10.7. The molecule has 6 rings (SSSR count). The highest BCUT2D eigenvalue weighted by Gasteiger charge is 2.31. The summed E-state index contributed by atoms with van der Waals surface area (Å²) in [6.07, 6.45) is 0.493. The van der Waals surface area contributed by atoms with Crippen LogP contribution in [0.1, 0.15) is 32.7 Å². The van der Waals surface area contributed by atoms with Crippen LogP contribution in [0, 0.1) is 0 Å². The summed E-state index contributed by atoms with van der Waals surface area (Å²) in [5.41, 5.74) is 2.73. The van der Waals surface area contributed by atoms with Gasteiger partial charge in [0.25, 0.3) is 15.9 Å². The summed E-state index contributed by atoms with van der Waals surface area (Å²) < 4.78 is 42.0. The van der Waals surface area contributed by atoms with Gasteiger partial charge in [-0.05, 0) is 82.7 Å². The van der Waals surface area contributed by atoms with E-state index in [0.29, 0.717) is 54.1 Å². The van der Waals surface area contributed by atoms with Gasteiger partial charge >= 0.3 is 5.97 Å². The molecule has 238 valence electrons. The van der Waals surface area contributed by atoms with Gasteiger partial charge in [0.05, 0.1) is 22.9 Å². The number of sulfonamides is 1. The van der Waals surface area contributed by atoms with E-state index in [1.165, 1.54) is 33.8 Å². The molecule has 0 N–H and O–H groups in total. The molecule has 1 fully saturated rings. The van der Waals surface area contributed by atoms with Crippen molar-refractivity contribution >= 4 is 71.5 Å². The number of rotatable bonds is 10. The minimum atomic E-state index is -4.08. The molecule has 0 aliphatic carbocycles. The van der Waals surface area contributed by atoms with Crippen molar-refractivity contribution in [3.63, 3.8) is 0 Å². The van der Waals surface area contributed by atoms with Crippen LogP contribution in [-0.2, 0) is 21.2 Å². The Labute approximate surface area is 280 Å². The summed E-state index contributed by atoms with van der Waals surface area (Å²) >= 11 is 4.88. The first kappa shape index (κ1) is 31.8. The number of anilines is 2. The number of nitrogens with zero attached hydrogens (tertiary/aromatic N) is 3. The van der Waals surface area contributed by atoms with Gasteiger partial charge in [-0.2, -0.15) is 0 Å². The molecule has 46 heavy (non-hydrogen) atoms. The zero-order valence-corrected chi connectivity index (χ0v) is 28.3. The van der Waals surface area contributed by atoms with Crippen molar-refractivity contribution in [2.75, 3.05) is 48.5 Å². The molecule has 0 spiro atoms. The Bertz CT molecular complexity index is 1970.